The maximum Gasteiger partial charge on any atom is 0.141 e. The summed E-state index contributed by atoms with van der Waals surface area (Å²) >= 11 is 1.83. The minimum atomic E-state index is 0.462. The Morgan fingerprint density at radius 3 is 2.50 bits per heavy atom. The normalized spacial score (nSPS) is 39.9. The molecular formula is C16H20OS. The molecule has 0 amide bonds. The summed E-state index contributed by atoms with van der Waals surface area (Å²) in [5.41, 5.74) is 0. The first-order chi connectivity index (χ1) is 8.78. The van der Waals surface area contributed by atoms with Crippen molar-refractivity contribution < 1.29 is 4.79 Å². The number of hydrogen-bond acceptors (Lipinski definition) is 2. The summed E-state index contributed by atoms with van der Waals surface area (Å²) in [4.78, 5) is 15.1. The number of aryl methyl sites for hydroxylation is 1. The molecule has 4 rings (SSSR count). The van der Waals surface area contributed by atoms with Gasteiger partial charge in [-0.2, -0.15) is 0 Å². The number of ketones is 1. The summed E-state index contributed by atoms with van der Waals surface area (Å²) < 4.78 is 0. The van der Waals surface area contributed by atoms with Crippen molar-refractivity contribution in [2.24, 2.45) is 29.6 Å². The molecule has 4 unspecified atom stereocenters. The van der Waals surface area contributed by atoms with Gasteiger partial charge < -0.3 is 0 Å². The first-order valence-electron chi connectivity index (χ1n) is 7.38. The van der Waals surface area contributed by atoms with Crippen molar-refractivity contribution in [1.82, 2.24) is 0 Å². The van der Waals surface area contributed by atoms with E-state index in [1.165, 1.54) is 29.0 Å². The Kier molecular flexibility index (Phi) is 2.45. The molecule has 1 nitrogen and oxygen atoms in total. The SMILES string of the molecule is CCc1ccc(CC(=O)C2C3C4CCC(C4)C23)s1. The van der Waals surface area contributed by atoms with E-state index in [0.29, 0.717) is 18.1 Å². The summed E-state index contributed by atoms with van der Waals surface area (Å²) in [6.45, 7) is 2.18. The van der Waals surface area contributed by atoms with E-state index in [-0.39, 0.29) is 0 Å². The Labute approximate surface area is 113 Å². The molecule has 0 aromatic carbocycles. The highest BCUT2D eigenvalue weighted by atomic mass is 32.1. The van der Waals surface area contributed by atoms with Crippen LogP contribution in [0.5, 0.6) is 0 Å². The van der Waals surface area contributed by atoms with E-state index in [1.54, 1.807) is 0 Å². The predicted molar refractivity (Wildman–Crippen MR) is 73.7 cm³/mol. The minimum Gasteiger partial charge on any atom is -0.299 e. The molecule has 2 heteroatoms. The molecular weight excluding hydrogens is 240 g/mol. The molecule has 3 aliphatic rings. The fourth-order valence-corrected chi connectivity index (χ4v) is 5.72. The van der Waals surface area contributed by atoms with Gasteiger partial charge >= 0.3 is 0 Å². The standard InChI is InChI=1S/C16H20OS/c1-2-11-5-6-12(18-11)8-13(17)16-14-9-3-4-10(7-9)15(14)16/h5-6,9-10,14-16H,2-4,7-8H2,1H3. The lowest BCUT2D eigenvalue weighted by atomic mass is 9.98. The summed E-state index contributed by atoms with van der Waals surface area (Å²) in [5.74, 6) is 4.46. The second-order valence-corrected chi connectivity index (χ2v) is 7.63. The Morgan fingerprint density at radius 2 is 1.89 bits per heavy atom. The lowest BCUT2D eigenvalue weighted by molar-refractivity contribution is -0.120. The predicted octanol–water partition coefficient (Wildman–Crippen LogP) is 3.71. The number of thiophene rings is 1. The van der Waals surface area contributed by atoms with Crippen molar-refractivity contribution in [3.63, 3.8) is 0 Å². The van der Waals surface area contributed by atoms with Gasteiger partial charge in [-0.05, 0) is 61.5 Å². The van der Waals surface area contributed by atoms with Gasteiger partial charge in [0.05, 0.1) is 0 Å². The summed E-state index contributed by atoms with van der Waals surface area (Å²) in [6, 6.07) is 4.35. The quantitative estimate of drug-likeness (QED) is 0.806. The molecule has 3 fully saturated rings. The van der Waals surface area contributed by atoms with Crippen LogP contribution in [0.1, 0.15) is 35.9 Å². The largest absolute Gasteiger partial charge is 0.299 e. The van der Waals surface area contributed by atoms with Crippen molar-refractivity contribution >= 4 is 17.1 Å². The average Bonchev–Trinajstić information content (AvgIpc) is 2.73. The molecule has 0 N–H and O–H groups in total. The van der Waals surface area contributed by atoms with Crippen LogP contribution in [-0.4, -0.2) is 5.78 Å². The summed E-state index contributed by atoms with van der Waals surface area (Å²) in [5, 5.41) is 0. The first-order valence-corrected chi connectivity index (χ1v) is 8.20. The van der Waals surface area contributed by atoms with Gasteiger partial charge in [0.2, 0.25) is 0 Å². The smallest absolute Gasteiger partial charge is 0.141 e. The molecule has 0 radical (unpaired) electrons. The van der Waals surface area contributed by atoms with Crippen LogP contribution in [0.3, 0.4) is 0 Å². The van der Waals surface area contributed by atoms with Crippen molar-refractivity contribution in [2.45, 2.75) is 39.0 Å². The topological polar surface area (TPSA) is 17.1 Å². The summed E-state index contributed by atoms with van der Waals surface area (Å²) in [6.07, 6.45) is 6.07. The second-order valence-electron chi connectivity index (χ2n) is 6.38. The molecule has 3 aliphatic carbocycles. The van der Waals surface area contributed by atoms with Gasteiger partial charge in [-0.1, -0.05) is 6.92 Å². The number of carbonyl (C=O) groups is 1. The maximum atomic E-state index is 12.4. The average molecular weight is 260 g/mol. The number of Topliss-reactive ketones (excluding diaryl/α,β-unsaturated/α-hetero) is 1. The third-order valence-electron chi connectivity index (χ3n) is 5.52. The van der Waals surface area contributed by atoms with Crippen LogP contribution in [0, 0.1) is 29.6 Å². The molecule has 0 saturated heterocycles. The van der Waals surface area contributed by atoms with Crippen LogP contribution in [0.15, 0.2) is 12.1 Å². The van der Waals surface area contributed by atoms with Crippen LogP contribution in [0.4, 0.5) is 0 Å². The molecule has 1 aromatic heterocycles. The first kappa shape index (κ1) is 11.2. The van der Waals surface area contributed by atoms with Crippen molar-refractivity contribution in [1.29, 1.82) is 0 Å². The van der Waals surface area contributed by atoms with Crippen LogP contribution in [0.2, 0.25) is 0 Å². The number of fused-ring (bicyclic) bond motifs is 5. The zero-order valence-electron chi connectivity index (χ0n) is 10.9. The zero-order valence-corrected chi connectivity index (χ0v) is 11.7. The van der Waals surface area contributed by atoms with E-state index in [9.17, 15) is 4.79 Å². The molecule has 0 spiro atoms. The highest BCUT2D eigenvalue weighted by molar-refractivity contribution is 7.12. The van der Waals surface area contributed by atoms with Crippen molar-refractivity contribution in [3.05, 3.63) is 21.9 Å². The van der Waals surface area contributed by atoms with E-state index < -0.39 is 0 Å². The third-order valence-corrected chi connectivity index (χ3v) is 6.75. The molecule has 1 aromatic rings. The minimum absolute atomic E-state index is 0.462. The number of hydrogen-bond donors (Lipinski definition) is 0. The Morgan fingerprint density at radius 1 is 1.22 bits per heavy atom. The fraction of sp³-hybridized carbons (Fsp3) is 0.688. The molecule has 1 heterocycles. The van der Waals surface area contributed by atoms with Crippen LogP contribution < -0.4 is 0 Å². The fourth-order valence-electron chi connectivity index (χ4n) is 4.75. The highest BCUT2D eigenvalue weighted by Crippen LogP contribution is 2.69. The Bertz CT molecular complexity index is 473. The Balaban J connectivity index is 1.43. The maximum absolute atomic E-state index is 12.4. The van der Waals surface area contributed by atoms with Gasteiger partial charge in [-0.25, -0.2) is 0 Å². The van der Waals surface area contributed by atoms with Crippen LogP contribution in [0.25, 0.3) is 0 Å². The zero-order chi connectivity index (χ0) is 12.3. The van der Waals surface area contributed by atoms with Crippen molar-refractivity contribution in [3.8, 4) is 0 Å². The van der Waals surface area contributed by atoms with Crippen molar-refractivity contribution in [2.75, 3.05) is 0 Å². The molecule has 18 heavy (non-hydrogen) atoms. The third kappa shape index (κ3) is 1.54. The van der Waals surface area contributed by atoms with Gasteiger partial charge in [0.25, 0.3) is 0 Å². The second kappa shape index (κ2) is 3.93. The number of rotatable bonds is 4. The van der Waals surface area contributed by atoms with Gasteiger partial charge in [-0.3, -0.25) is 4.79 Å². The molecule has 96 valence electrons. The van der Waals surface area contributed by atoms with E-state index >= 15 is 0 Å². The van der Waals surface area contributed by atoms with E-state index in [4.69, 9.17) is 0 Å². The molecule has 4 atom stereocenters. The van der Waals surface area contributed by atoms with E-state index in [0.717, 1.165) is 30.1 Å². The van der Waals surface area contributed by atoms with Gasteiger partial charge in [0.15, 0.2) is 0 Å². The Hall–Kier alpha value is -0.630. The molecule has 2 bridgehead atoms. The van der Waals surface area contributed by atoms with Gasteiger partial charge in [0.1, 0.15) is 5.78 Å². The monoisotopic (exact) mass is 260 g/mol. The summed E-state index contributed by atoms with van der Waals surface area (Å²) in [7, 11) is 0. The van der Waals surface area contributed by atoms with E-state index in [1.807, 2.05) is 11.3 Å². The molecule has 3 saturated carbocycles. The van der Waals surface area contributed by atoms with E-state index in [2.05, 4.69) is 19.1 Å². The van der Waals surface area contributed by atoms with Crippen LogP contribution in [-0.2, 0) is 17.6 Å². The van der Waals surface area contributed by atoms with Gasteiger partial charge in [-0.15, -0.1) is 11.3 Å². The highest BCUT2D eigenvalue weighted by Gasteiger charge is 2.66. The number of carbonyl (C=O) groups excluding carboxylic acids is 1. The lowest BCUT2D eigenvalue weighted by Gasteiger charge is -2.06. The van der Waals surface area contributed by atoms with Gasteiger partial charge in [0, 0.05) is 22.1 Å². The molecule has 0 aliphatic heterocycles. The lowest BCUT2D eigenvalue weighted by Crippen LogP contribution is -2.11. The van der Waals surface area contributed by atoms with Crippen LogP contribution >= 0.6 is 11.3 Å².